The highest BCUT2D eigenvalue weighted by atomic mass is 79.9. The van der Waals surface area contributed by atoms with Crippen molar-refractivity contribution in [3.05, 3.63) is 35.4 Å². The average Bonchev–Trinajstić information content (AvgIpc) is 2.30. The number of nitrogens with one attached hydrogen (secondary N) is 1. The minimum Gasteiger partial charge on any atom is -0.355 e. The van der Waals surface area contributed by atoms with Crippen molar-refractivity contribution < 1.29 is 4.79 Å². The predicted octanol–water partition coefficient (Wildman–Crippen LogP) is 3.07. The molecule has 0 aromatic heterocycles. The maximum atomic E-state index is 11.8. The molecule has 0 unspecified atom stereocenters. The third-order valence-corrected chi connectivity index (χ3v) is 4.26. The molecule has 0 spiro atoms. The van der Waals surface area contributed by atoms with Crippen LogP contribution in [0.4, 0.5) is 0 Å². The SMILES string of the molecule is Cc1ccccc1CC(=O)NCC(C)(C)CBr. The third-order valence-electron chi connectivity index (χ3n) is 2.74. The summed E-state index contributed by atoms with van der Waals surface area (Å²) in [6, 6.07) is 8.00. The first-order valence-corrected chi connectivity index (χ1v) is 6.94. The standard InChI is InChI=1S/C14H20BrNO/c1-11-6-4-5-7-12(11)8-13(17)16-10-14(2,3)9-15/h4-7H,8-10H2,1-3H3,(H,16,17). The number of hydrogen-bond donors (Lipinski definition) is 1. The first-order valence-electron chi connectivity index (χ1n) is 5.82. The minimum atomic E-state index is 0.0910. The first kappa shape index (κ1) is 14.2. The topological polar surface area (TPSA) is 29.1 Å². The average molecular weight is 298 g/mol. The molecule has 0 aliphatic rings. The van der Waals surface area contributed by atoms with Gasteiger partial charge in [-0.25, -0.2) is 0 Å². The molecule has 0 heterocycles. The Hall–Kier alpha value is -0.830. The van der Waals surface area contributed by atoms with E-state index in [0.717, 1.165) is 10.9 Å². The molecule has 0 bridgehead atoms. The summed E-state index contributed by atoms with van der Waals surface area (Å²) >= 11 is 3.45. The van der Waals surface area contributed by atoms with Crippen molar-refractivity contribution in [3.63, 3.8) is 0 Å². The molecule has 0 aliphatic heterocycles. The molecule has 1 aromatic carbocycles. The predicted molar refractivity (Wildman–Crippen MR) is 75.5 cm³/mol. The number of benzene rings is 1. The van der Waals surface area contributed by atoms with Crippen molar-refractivity contribution in [2.75, 3.05) is 11.9 Å². The van der Waals surface area contributed by atoms with Crippen LogP contribution in [0.25, 0.3) is 0 Å². The normalized spacial score (nSPS) is 11.3. The molecule has 0 fully saturated rings. The Bertz CT molecular complexity index is 388. The van der Waals surface area contributed by atoms with E-state index in [1.807, 2.05) is 31.2 Å². The van der Waals surface area contributed by atoms with Gasteiger partial charge >= 0.3 is 0 Å². The van der Waals surface area contributed by atoms with Gasteiger partial charge in [0.15, 0.2) is 0 Å². The van der Waals surface area contributed by atoms with Crippen molar-refractivity contribution in [3.8, 4) is 0 Å². The summed E-state index contributed by atoms with van der Waals surface area (Å²) in [4.78, 5) is 11.8. The number of carbonyl (C=O) groups is 1. The summed E-state index contributed by atoms with van der Waals surface area (Å²) in [5.74, 6) is 0.0910. The second-order valence-electron chi connectivity index (χ2n) is 5.18. The van der Waals surface area contributed by atoms with E-state index in [1.54, 1.807) is 0 Å². The Morgan fingerprint density at radius 3 is 2.59 bits per heavy atom. The molecule has 0 radical (unpaired) electrons. The largest absolute Gasteiger partial charge is 0.355 e. The highest BCUT2D eigenvalue weighted by Gasteiger charge is 2.17. The Labute approximate surface area is 112 Å². The number of alkyl halides is 1. The van der Waals surface area contributed by atoms with E-state index in [0.29, 0.717) is 13.0 Å². The molecule has 1 aromatic rings. The van der Waals surface area contributed by atoms with E-state index in [4.69, 9.17) is 0 Å². The lowest BCUT2D eigenvalue weighted by Gasteiger charge is -2.21. The van der Waals surface area contributed by atoms with Crippen LogP contribution < -0.4 is 5.32 Å². The van der Waals surface area contributed by atoms with Gasteiger partial charge < -0.3 is 5.32 Å². The van der Waals surface area contributed by atoms with Crippen LogP contribution in [0.3, 0.4) is 0 Å². The smallest absolute Gasteiger partial charge is 0.224 e. The van der Waals surface area contributed by atoms with Gasteiger partial charge in [-0.15, -0.1) is 0 Å². The lowest BCUT2D eigenvalue weighted by molar-refractivity contribution is -0.120. The zero-order valence-corrected chi connectivity index (χ0v) is 12.3. The van der Waals surface area contributed by atoms with Gasteiger partial charge in [0.2, 0.25) is 5.91 Å². The van der Waals surface area contributed by atoms with Crippen molar-refractivity contribution in [1.82, 2.24) is 5.32 Å². The molecule has 0 saturated carbocycles. The molecular weight excluding hydrogens is 278 g/mol. The van der Waals surface area contributed by atoms with Gasteiger partial charge in [-0.3, -0.25) is 4.79 Å². The van der Waals surface area contributed by atoms with E-state index >= 15 is 0 Å². The van der Waals surface area contributed by atoms with Crippen molar-refractivity contribution in [2.45, 2.75) is 27.2 Å². The van der Waals surface area contributed by atoms with Gasteiger partial charge in [0, 0.05) is 11.9 Å². The molecule has 3 heteroatoms. The Morgan fingerprint density at radius 1 is 1.35 bits per heavy atom. The van der Waals surface area contributed by atoms with Crippen molar-refractivity contribution >= 4 is 21.8 Å². The van der Waals surface area contributed by atoms with Crippen LogP contribution in [-0.4, -0.2) is 17.8 Å². The van der Waals surface area contributed by atoms with Crippen molar-refractivity contribution in [2.24, 2.45) is 5.41 Å². The Balaban J connectivity index is 2.48. The summed E-state index contributed by atoms with van der Waals surface area (Å²) < 4.78 is 0. The maximum Gasteiger partial charge on any atom is 0.224 e. The van der Waals surface area contributed by atoms with Crippen LogP contribution in [0.15, 0.2) is 24.3 Å². The molecule has 0 aliphatic carbocycles. The third kappa shape index (κ3) is 4.90. The number of rotatable bonds is 5. The fraction of sp³-hybridized carbons (Fsp3) is 0.500. The molecule has 1 N–H and O–H groups in total. The summed E-state index contributed by atoms with van der Waals surface area (Å²) in [5.41, 5.74) is 2.37. The fourth-order valence-electron chi connectivity index (χ4n) is 1.43. The van der Waals surface area contributed by atoms with Crippen LogP contribution in [-0.2, 0) is 11.2 Å². The van der Waals surface area contributed by atoms with E-state index in [2.05, 4.69) is 35.1 Å². The zero-order chi connectivity index (χ0) is 12.9. The molecule has 0 saturated heterocycles. The van der Waals surface area contributed by atoms with E-state index in [-0.39, 0.29) is 11.3 Å². The maximum absolute atomic E-state index is 11.8. The highest BCUT2D eigenvalue weighted by Crippen LogP contribution is 2.16. The summed E-state index contributed by atoms with van der Waals surface area (Å²) in [5, 5.41) is 3.86. The minimum absolute atomic E-state index is 0.0910. The highest BCUT2D eigenvalue weighted by molar-refractivity contribution is 9.09. The number of amides is 1. The number of hydrogen-bond acceptors (Lipinski definition) is 1. The lowest BCUT2D eigenvalue weighted by Crippen LogP contribution is -2.35. The van der Waals surface area contributed by atoms with Crippen LogP contribution in [0, 0.1) is 12.3 Å². The summed E-state index contributed by atoms with van der Waals surface area (Å²) in [6.07, 6.45) is 0.463. The summed E-state index contributed by atoms with van der Waals surface area (Å²) in [6.45, 7) is 6.97. The lowest BCUT2D eigenvalue weighted by atomic mass is 9.96. The van der Waals surface area contributed by atoms with Gasteiger partial charge in [-0.2, -0.15) is 0 Å². The van der Waals surface area contributed by atoms with Crippen LogP contribution in [0.5, 0.6) is 0 Å². The Kier molecular flexibility index (Phi) is 5.19. The van der Waals surface area contributed by atoms with E-state index in [1.165, 1.54) is 5.56 Å². The van der Waals surface area contributed by atoms with Gasteiger partial charge in [-0.05, 0) is 23.5 Å². The van der Waals surface area contributed by atoms with E-state index in [9.17, 15) is 4.79 Å². The van der Waals surface area contributed by atoms with Crippen molar-refractivity contribution in [1.29, 1.82) is 0 Å². The van der Waals surface area contributed by atoms with Crippen LogP contribution >= 0.6 is 15.9 Å². The van der Waals surface area contributed by atoms with Crippen LogP contribution in [0.2, 0.25) is 0 Å². The van der Waals surface area contributed by atoms with Gasteiger partial charge in [0.1, 0.15) is 0 Å². The number of carbonyl (C=O) groups excluding carboxylic acids is 1. The number of halogens is 1. The molecular formula is C14H20BrNO. The molecule has 2 nitrogen and oxygen atoms in total. The molecule has 17 heavy (non-hydrogen) atoms. The van der Waals surface area contributed by atoms with Gasteiger partial charge in [0.05, 0.1) is 6.42 Å². The fourth-order valence-corrected chi connectivity index (χ4v) is 1.63. The zero-order valence-electron chi connectivity index (χ0n) is 10.7. The molecule has 1 rings (SSSR count). The van der Waals surface area contributed by atoms with Gasteiger partial charge in [0.25, 0.3) is 0 Å². The second-order valence-corrected chi connectivity index (χ2v) is 5.74. The van der Waals surface area contributed by atoms with Gasteiger partial charge in [-0.1, -0.05) is 54.0 Å². The molecule has 94 valence electrons. The monoisotopic (exact) mass is 297 g/mol. The Morgan fingerprint density at radius 2 is 2.00 bits per heavy atom. The van der Waals surface area contributed by atoms with E-state index < -0.39 is 0 Å². The second kappa shape index (κ2) is 6.20. The summed E-state index contributed by atoms with van der Waals surface area (Å²) in [7, 11) is 0. The quantitative estimate of drug-likeness (QED) is 0.832. The van der Waals surface area contributed by atoms with Crippen LogP contribution in [0.1, 0.15) is 25.0 Å². The first-order chi connectivity index (χ1) is 7.94. The molecule has 0 atom stereocenters. The molecule has 1 amide bonds. The number of aryl methyl sites for hydroxylation is 1.